The summed E-state index contributed by atoms with van der Waals surface area (Å²) in [5.74, 6) is -4.00. The molecular weight excluding hydrogens is 299 g/mol. The topological polar surface area (TPSA) is 55.4 Å². The van der Waals surface area contributed by atoms with Crippen molar-refractivity contribution in [2.24, 2.45) is 0 Å². The first-order valence-electron chi connectivity index (χ1n) is 6.12. The molecule has 0 heterocycles. The number of nitrogens with one attached hydrogen (secondary N) is 1. The summed E-state index contributed by atoms with van der Waals surface area (Å²) in [7, 11) is 0. The van der Waals surface area contributed by atoms with E-state index in [2.05, 4.69) is 10.1 Å². The minimum absolute atomic E-state index is 0.0513. The second-order valence-corrected chi connectivity index (χ2v) is 4.29. The van der Waals surface area contributed by atoms with Crippen molar-refractivity contribution < 1.29 is 27.5 Å². The summed E-state index contributed by atoms with van der Waals surface area (Å²) < 4.78 is 43.5. The molecule has 0 aliphatic heterocycles. The fourth-order valence-electron chi connectivity index (χ4n) is 1.65. The minimum atomic E-state index is -0.889. The average Bonchev–Trinajstić information content (AvgIpc) is 2.43. The lowest BCUT2D eigenvalue weighted by Crippen LogP contribution is -2.21. The van der Waals surface area contributed by atoms with Crippen LogP contribution in [-0.2, 0) is 9.53 Å². The van der Waals surface area contributed by atoms with Crippen LogP contribution in [0.15, 0.2) is 42.5 Å². The summed E-state index contributed by atoms with van der Waals surface area (Å²) in [5, 5.41) is 2.17. The van der Waals surface area contributed by atoms with E-state index in [1.807, 2.05) is 0 Å². The fraction of sp³-hybridized carbons (Fsp3) is 0.0667. The van der Waals surface area contributed by atoms with Gasteiger partial charge in [0.05, 0.1) is 5.56 Å². The molecule has 7 heteroatoms. The molecule has 22 heavy (non-hydrogen) atoms. The van der Waals surface area contributed by atoms with Gasteiger partial charge < -0.3 is 10.1 Å². The van der Waals surface area contributed by atoms with Gasteiger partial charge in [0.1, 0.15) is 17.5 Å². The van der Waals surface area contributed by atoms with Gasteiger partial charge in [0.2, 0.25) is 0 Å². The Morgan fingerprint density at radius 3 is 2.27 bits per heavy atom. The van der Waals surface area contributed by atoms with Crippen LogP contribution in [0.3, 0.4) is 0 Å². The summed E-state index contributed by atoms with van der Waals surface area (Å²) in [6.45, 7) is -0.673. The molecule has 0 aromatic heterocycles. The van der Waals surface area contributed by atoms with Crippen molar-refractivity contribution in [3.63, 3.8) is 0 Å². The fourth-order valence-corrected chi connectivity index (χ4v) is 1.65. The minimum Gasteiger partial charge on any atom is -0.452 e. The zero-order valence-electron chi connectivity index (χ0n) is 11.1. The van der Waals surface area contributed by atoms with Gasteiger partial charge in [-0.25, -0.2) is 18.0 Å². The van der Waals surface area contributed by atoms with Gasteiger partial charge in [-0.1, -0.05) is 6.07 Å². The third-order valence-electron chi connectivity index (χ3n) is 2.54. The largest absolute Gasteiger partial charge is 0.452 e. The van der Waals surface area contributed by atoms with Gasteiger partial charge in [0.15, 0.2) is 6.61 Å². The third-order valence-corrected chi connectivity index (χ3v) is 2.54. The van der Waals surface area contributed by atoms with Crippen molar-refractivity contribution in [2.75, 3.05) is 11.9 Å². The first kappa shape index (κ1) is 15.6. The van der Waals surface area contributed by atoms with Crippen LogP contribution in [0.2, 0.25) is 0 Å². The van der Waals surface area contributed by atoms with E-state index in [9.17, 15) is 22.8 Å². The quantitative estimate of drug-likeness (QED) is 0.884. The van der Waals surface area contributed by atoms with Crippen LogP contribution in [0, 0.1) is 17.5 Å². The molecule has 0 fully saturated rings. The van der Waals surface area contributed by atoms with E-state index < -0.39 is 35.9 Å². The highest BCUT2D eigenvalue weighted by Crippen LogP contribution is 2.12. The summed E-state index contributed by atoms with van der Waals surface area (Å²) in [5.41, 5.74) is -0.158. The molecule has 0 unspecified atom stereocenters. The normalized spacial score (nSPS) is 10.1. The van der Waals surface area contributed by atoms with Gasteiger partial charge in [0, 0.05) is 11.8 Å². The first-order chi connectivity index (χ1) is 10.4. The molecular formula is C15H10F3NO3. The standard InChI is InChI=1S/C15H10F3NO3/c16-10-3-1-2-9(4-10)15(21)22-8-14(20)19-13-6-11(17)5-12(18)7-13/h1-7H,8H2,(H,19,20). The van der Waals surface area contributed by atoms with Crippen LogP contribution in [0.4, 0.5) is 18.9 Å². The Morgan fingerprint density at radius 2 is 1.64 bits per heavy atom. The highest BCUT2D eigenvalue weighted by atomic mass is 19.1. The third kappa shape index (κ3) is 4.34. The van der Waals surface area contributed by atoms with Gasteiger partial charge in [0.25, 0.3) is 5.91 Å². The molecule has 0 saturated heterocycles. The van der Waals surface area contributed by atoms with Crippen molar-refractivity contribution in [2.45, 2.75) is 0 Å². The molecule has 0 atom stereocenters. The van der Waals surface area contributed by atoms with Crippen LogP contribution in [0.1, 0.15) is 10.4 Å². The monoisotopic (exact) mass is 309 g/mol. The van der Waals surface area contributed by atoms with Crippen LogP contribution < -0.4 is 5.32 Å². The highest BCUT2D eigenvalue weighted by Gasteiger charge is 2.11. The maximum absolute atomic E-state index is 12.9. The summed E-state index contributed by atoms with van der Waals surface area (Å²) in [6, 6.07) is 7.24. The van der Waals surface area contributed by atoms with E-state index >= 15 is 0 Å². The Labute approximate surface area is 123 Å². The number of amides is 1. The van der Waals surface area contributed by atoms with E-state index in [1.165, 1.54) is 12.1 Å². The number of rotatable bonds is 4. The maximum Gasteiger partial charge on any atom is 0.338 e. The molecule has 1 amide bonds. The van der Waals surface area contributed by atoms with E-state index in [-0.39, 0.29) is 11.3 Å². The lowest BCUT2D eigenvalue weighted by atomic mass is 10.2. The molecule has 0 bridgehead atoms. The number of carbonyl (C=O) groups is 2. The number of esters is 1. The van der Waals surface area contributed by atoms with Gasteiger partial charge >= 0.3 is 5.97 Å². The number of halogens is 3. The van der Waals surface area contributed by atoms with E-state index in [4.69, 9.17) is 0 Å². The van der Waals surface area contributed by atoms with Crippen LogP contribution in [-0.4, -0.2) is 18.5 Å². The average molecular weight is 309 g/mol. The predicted molar refractivity (Wildman–Crippen MR) is 71.7 cm³/mol. The molecule has 0 saturated carbocycles. The molecule has 1 N–H and O–H groups in total. The van der Waals surface area contributed by atoms with Crippen molar-refractivity contribution in [3.05, 3.63) is 65.5 Å². The Kier molecular flexibility index (Phi) is 4.77. The Morgan fingerprint density at radius 1 is 0.955 bits per heavy atom. The number of anilines is 1. The predicted octanol–water partition coefficient (Wildman–Crippen LogP) is 2.90. The number of hydrogen-bond acceptors (Lipinski definition) is 3. The number of hydrogen-bond donors (Lipinski definition) is 1. The lowest BCUT2D eigenvalue weighted by Gasteiger charge is -2.07. The summed E-state index contributed by atoms with van der Waals surface area (Å²) >= 11 is 0. The molecule has 2 rings (SSSR count). The number of carbonyl (C=O) groups excluding carboxylic acids is 2. The van der Waals surface area contributed by atoms with Crippen molar-refractivity contribution in [1.29, 1.82) is 0 Å². The van der Waals surface area contributed by atoms with Crippen LogP contribution in [0.5, 0.6) is 0 Å². The Balaban J connectivity index is 1.91. The van der Waals surface area contributed by atoms with Crippen molar-refractivity contribution in [3.8, 4) is 0 Å². The molecule has 0 spiro atoms. The van der Waals surface area contributed by atoms with E-state index in [0.29, 0.717) is 6.07 Å². The molecule has 2 aromatic carbocycles. The zero-order valence-corrected chi connectivity index (χ0v) is 11.1. The van der Waals surface area contributed by atoms with E-state index in [1.54, 1.807) is 0 Å². The Hall–Kier alpha value is -2.83. The number of benzene rings is 2. The molecule has 114 valence electrons. The molecule has 0 aliphatic carbocycles. The van der Waals surface area contributed by atoms with Crippen molar-refractivity contribution in [1.82, 2.24) is 0 Å². The molecule has 4 nitrogen and oxygen atoms in total. The summed E-state index contributed by atoms with van der Waals surface area (Å²) in [4.78, 5) is 23.1. The van der Waals surface area contributed by atoms with Gasteiger partial charge in [-0.2, -0.15) is 0 Å². The smallest absolute Gasteiger partial charge is 0.338 e. The Bertz CT molecular complexity index is 699. The maximum atomic E-state index is 12.9. The molecule has 0 aliphatic rings. The van der Waals surface area contributed by atoms with Crippen LogP contribution >= 0.6 is 0 Å². The van der Waals surface area contributed by atoms with Gasteiger partial charge in [-0.15, -0.1) is 0 Å². The summed E-state index contributed by atoms with van der Waals surface area (Å²) in [6.07, 6.45) is 0. The SMILES string of the molecule is O=C(COC(=O)c1cccc(F)c1)Nc1cc(F)cc(F)c1. The lowest BCUT2D eigenvalue weighted by molar-refractivity contribution is -0.119. The zero-order chi connectivity index (χ0) is 16.1. The second kappa shape index (κ2) is 6.75. The number of ether oxygens (including phenoxy) is 1. The van der Waals surface area contributed by atoms with Gasteiger partial charge in [-0.05, 0) is 30.3 Å². The molecule has 2 aromatic rings. The second-order valence-electron chi connectivity index (χ2n) is 4.29. The highest BCUT2D eigenvalue weighted by molar-refractivity contribution is 5.95. The molecule has 0 radical (unpaired) electrons. The van der Waals surface area contributed by atoms with Crippen molar-refractivity contribution >= 4 is 17.6 Å². The van der Waals surface area contributed by atoms with Gasteiger partial charge in [-0.3, -0.25) is 4.79 Å². The van der Waals surface area contributed by atoms with Crippen LogP contribution in [0.25, 0.3) is 0 Å². The van der Waals surface area contributed by atoms with E-state index in [0.717, 1.165) is 24.3 Å². The first-order valence-corrected chi connectivity index (χ1v) is 6.12.